The van der Waals surface area contributed by atoms with E-state index in [0.29, 0.717) is 27.2 Å². The first-order valence-corrected chi connectivity index (χ1v) is 8.33. The fourth-order valence-corrected chi connectivity index (χ4v) is 3.56. The molecule has 3 N–H and O–H groups in total. The first-order chi connectivity index (χ1) is 10.8. The molecule has 0 heterocycles. The van der Waals surface area contributed by atoms with Gasteiger partial charge in [0.05, 0.1) is 28.5 Å². The van der Waals surface area contributed by atoms with Gasteiger partial charge in [0.25, 0.3) is 5.91 Å². The fraction of sp³-hybridized carbons (Fsp3) is 0.188. The number of rotatable bonds is 4. The van der Waals surface area contributed by atoms with E-state index in [9.17, 15) is 4.79 Å². The Morgan fingerprint density at radius 1 is 1.22 bits per heavy atom. The highest BCUT2D eigenvalue weighted by Crippen LogP contribution is 2.34. The molecule has 0 radical (unpaired) electrons. The van der Waals surface area contributed by atoms with Crippen LogP contribution in [-0.2, 0) is 0 Å². The first kappa shape index (κ1) is 17.6. The number of carbonyl (C=O) groups is 1. The average Bonchev–Trinajstić information content (AvgIpc) is 2.46. The standard InChI is InChI=1S/C16H17Br2N3O2/c1-21(2)14-5-4-10(19)8-13(14)20-16(22)11-6-9(17)7-12(18)15(11)23-3/h4-8H,19H2,1-3H3,(H,20,22). The number of nitrogens with two attached hydrogens (primary N) is 1. The van der Waals surface area contributed by atoms with Crippen molar-refractivity contribution in [2.75, 3.05) is 37.2 Å². The Morgan fingerprint density at radius 2 is 1.91 bits per heavy atom. The van der Waals surface area contributed by atoms with Crippen LogP contribution in [0.2, 0.25) is 0 Å². The minimum atomic E-state index is -0.280. The van der Waals surface area contributed by atoms with Crippen molar-refractivity contribution >= 4 is 54.8 Å². The molecule has 0 unspecified atom stereocenters. The number of amides is 1. The molecule has 7 heteroatoms. The summed E-state index contributed by atoms with van der Waals surface area (Å²) in [6.45, 7) is 0. The molecule has 23 heavy (non-hydrogen) atoms. The second kappa shape index (κ2) is 7.23. The van der Waals surface area contributed by atoms with Crippen molar-refractivity contribution in [3.8, 4) is 5.75 Å². The highest BCUT2D eigenvalue weighted by atomic mass is 79.9. The Labute approximate surface area is 152 Å². The van der Waals surface area contributed by atoms with Crippen LogP contribution in [-0.4, -0.2) is 27.1 Å². The maximum atomic E-state index is 12.7. The van der Waals surface area contributed by atoms with Gasteiger partial charge in [0, 0.05) is 24.3 Å². The van der Waals surface area contributed by atoms with Crippen molar-refractivity contribution in [2.24, 2.45) is 0 Å². The molecule has 5 nitrogen and oxygen atoms in total. The normalized spacial score (nSPS) is 10.3. The SMILES string of the molecule is COc1c(Br)cc(Br)cc1C(=O)Nc1cc(N)ccc1N(C)C. The van der Waals surface area contributed by atoms with Gasteiger partial charge in [-0.3, -0.25) is 4.79 Å². The molecule has 2 rings (SSSR count). The number of anilines is 3. The number of carbonyl (C=O) groups excluding carboxylic acids is 1. The van der Waals surface area contributed by atoms with Gasteiger partial charge >= 0.3 is 0 Å². The number of nitrogens with one attached hydrogen (secondary N) is 1. The molecule has 0 saturated heterocycles. The largest absolute Gasteiger partial charge is 0.495 e. The third-order valence-electron chi connectivity index (χ3n) is 3.21. The predicted octanol–water partition coefficient (Wildman–Crippen LogP) is 4.12. The number of hydrogen-bond donors (Lipinski definition) is 2. The van der Waals surface area contributed by atoms with E-state index in [-0.39, 0.29) is 5.91 Å². The van der Waals surface area contributed by atoms with Crippen LogP contribution in [0.3, 0.4) is 0 Å². The van der Waals surface area contributed by atoms with Crippen molar-refractivity contribution in [3.63, 3.8) is 0 Å². The van der Waals surface area contributed by atoms with Gasteiger partial charge in [-0.05, 0) is 46.3 Å². The van der Waals surface area contributed by atoms with Crippen molar-refractivity contribution in [1.82, 2.24) is 0 Å². The monoisotopic (exact) mass is 441 g/mol. The molecule has 0 aliphatic carbocycles. The van der Waals surface area contributed by atoms with Gasteiger partial charge in [-0.2, -0.15) is 0 Å². The Morgan fingerprint density at radius 3 is 2.52 bits per heavy atom. The highest BCUT2D eigenvalue weighted by molar-refractivity contribution is 9.11. The van der Waals surface area contributed by atoms with E-state index < -0.39 is 0 Å². The number of benzene rings is 2. The average molecular weight is 443 g/mol. The molecule has 0 fully saturated rings. The molecule has 122 valence electrons. The van der Waals surface area contributed by atoms with Crippen LogP contribution in [0.5, 0.6) is 5.75 Å². The molecule has 0 spiro atoms. The molecule has 0 aliphatic heterocycles. The van der Waals surface area contributed by atoms with Crippen LogP contribution in [0.25, 0.3) is 0 Å². The zero-order valence-electron chi connectivity index (χ0n) is 13.0. The van der Waals surface area contributed by atoms with Crippen LogP contribution < -0.4 is 20.7 Å². The number of ether oxygens (including phenoxy) is 1. The first-order valence-electron chi connectivity index (χ1n) is 6.74. The van der Waals surface area contributed by atoms with E-state index in [0.717, 1.165) is 10.2 Å². The minimum absolute atomic E-state index is 0.280. The molecular weight excluding hydrogens is 426 g/mol. The Kier molecular flexibility index (Phi) is 5.54. The second-order valence-corrected chi connectivity index (χ2v) is 6.86. The molecule has 0 saturated carbocycles. The number of nitrogens with zero attached hydrogens (tertiary/aromatic N) is 1. The third-order valence-corrected chi connectivity index (χ3v) is 4.25. The van der Waals surface area contributed by atoms with E-state index in [1.807, 2.05) is 31.1 Å². The summed E-state index contributed by atoms with van der Waals surface area (Å²) in [6, 6.07) is 8.91. The Hall–Kier alpha value is -1.73. The molecular formula is C16H17Br2N3O2. The third kappa shape index (κ3) is 3.97. The van der Waals surface area contributed by atoms with Crippen molar-refractivity contribution in [1.29, 1.82) is 0 Å². The van der Waals surface area contributed by atoms with Gasteiger partial charge in [-0.1, -0.05) is 15.9 Å². The van der Waals surface area contributed by atoms with Crippen molar-refractivity contribution in [2.45, 2.75) is 0 Å². The molecule has 2 aromatic rings. The molecule has 1 amide bonds. The summed E-state index contributed by atoms with van der Waals surface area (Å²) >= 11 is 6.78. The van der Waals surface area contributed by atoms with E-state index in [2.05, 4.69) is 37.2 Å². The molecule has 0 aromatic heterocycles. The summed E-state index contributed by atoms with van der Waals surface area (Å²) < 4.78 is 6.80. The predicted molar refractivity (Wildman–Crippen MR) is 102 cm³/mol. The maximum Gasteiger partial charge on any atom is 0.259 e. The Balaban J connectivity index is 2.43. The van der Waals surface area contributed by atoms with Gasteiger partial charge in [0.2, 0.25) is 0 Å². The van der Waals surface area contributed by atoms with Crippen LogP contribution in [0.4, 0.5) is 17.1 Å². The van der Waals surface area contributed by atoms with Crippen LogP contribution in [0, 0.1) is 0 Å². The lowest BCUT2D eigenvalue weighted by molar-refractivity contribution is 0.102. The smallest absolute Gasteiger partial charge is 0.259 e. The van der Waals surface area contributed by atoms with Crippen LogP contribution in [0.1, 0.15) is 10.4 Å². The quantitative estimate of drug-likeness (QED) is 0.698. The van der Waals surface area contributed by atoms with Crippen molar-refractivity contribution in [3.05, 3.63) is 44.8 Å². The number of hydrogen-bond acceptors (Lipinski definition) is 4. The lowest BCUT2D eigenvalue weighted by atomic mass is 10.1. The Bertz CT molecular complexity index is 748. The minimum Gasteiger partial charge on any atom is -0.495 e. The molecule has 2 aromatic carbocycles. The van der Waals surface area contributed by atoms with E-state index in [1.54, 1.807) is 18.2 Å². The number of nitrogen functional groups attached to an aromatic ring is 1. The van der Waals surface area contributed by atoms with Gasteiger partial charge < -0.3 is 20.7 Å². The fourth-order valence-electron chi connectivity index (χ4n) is 2.17. The lowest BCUT2D eigenvalue weighted by Gasteiger charge is -2.19. The lowest BCUT2D eigenvalue weighted by Crippen LogP contribution is -2.17. The molecule has 0 atom stereocenters. The summed E-state index contributed by atoms with van der Waals surface area (Å²) in [6.07, 6.45) is 0. The summed E-state index contributed by atoms with van der Waals surface area (Å²) in [4.78, 5) is 14.6. The zero-order valence-corrected chi connectivity index (χ0v) is 16.2. The summed E-state index contributed by atoms with van der Waals surface area (Å²) in [5.74, 6) is 0.193. The number of halogens is 2. The van der Waals surface area contributed by atoms with Gasteiger partial charge in [0.15, 0.2) is 0 Å². The topological polar surface area (TPSA) is 67.6 Å². The molecule has 0 bridgehead atoms. The van der Waals surface area contributed by atoms with E-state index in [1.165, 1.54) is 7.11 Å². The molecule has 0 aliphatic rings. The highest BCUT2D eigenvalue weighted by Gasteiger charge is 2.18. The van der Waals surface area contributed by atoms with Gasteiger partial charge in [0.1, 0.15) is 5.75 Å². The second-order valence-electron chi connectivity index (χ2n) is 5.09. The summed E-state index contributed by atoms with van der Waals surface area (Å²) in [5.41, 5.74) is 8.33. The van der Waals surface area contributed by atoms with Crippen molar-refractivity contribution < 1.29 is 9.53 Å². The van der Waals surface area contributed by atoms with Gasteiger partial charge in [-0.15, -0.1) is 0 Å². The van der Waals surface area contributed by atoms with E-state index in [4.69, 9.17) is 10.5 Å². The van der Waals surface area contributed by atoms with Gasteiger partial charge in [-0.25, -0.2) is 0 Å². The number of methoxy groups -OCH3 is 1. The van der Waals surface area contributed by atoms with Crippen LogP contribution >= 0.6 is 31.9 Å². The summed E-state index contributed by atoms with van der Waals surface area (Å²) in [7, 11) is 5.32. The zero-order chi connectivity index (χ0) is 17.1. The maximum absolute atomic E-state index is 12.7. The van der Waals surface area contributed by atoms with E-state index >= 15 is 0 Å². The summed E-state index contributed by atoms with van der Waals surface area (Å²) in [5, 5.41) is 2.90. The van der Waals surface area contributed by atoms with Crippen LogP contribution in [0.15, 0.2) is 39.3 Å².